The molecule has 3 aliphatic rings. The molecule has 32 heavy (non-hydrogen) atoms. The van der Waals surface area contributed by atoms with Crippen molar-refractivity contribution in [2.24, 2.45) is 0 Å². The lowest BCUT2D eigenvalue weighted by Gasteiger charge is -2.30. The Balaban J connectivity index is 1.36. The van der Waals surface area contributed by atoms with Gasteiger partial charge < -0.3 is 24.6 Å². The largest absolute Gasteiger partial charge is 0.486 e. The van der Waals surface area contributed by atoms with E-state index in [1.807, 2.05) is 16.8 Å². The number of nitrogens with one attached hydrogen (secondary N) is 1. The van der Waals surface area contributed by atoms with Gasteiger partial charge in [0.05, 0.1) is 12.2 Å². The van der Waals surface area contributed by atoms with E-state index in [0.717, 1.165) is 35.9 Å². The second-order valence-electron chi connectivity index (χ2n) is 8.39. The molecule has 2 amide bonds. The van der Waals surface area contributed by atoms with Gasteiger partial charge in [-0.25, -0.2) is 9.97 Å². The van der Waals surface area contributed by atoms with Crippen LogP contribution in [-0.4, -0.2) is 71.5 Å². The number of hydrogen-bond donors (Lipinski definition) is 1. The number of rotatable bonds is 3. The van der Waals surface area contributed by atoms with Crippen LogP contribution >= 0.6 is 0 Å². The molecule has 5 rings (SSSR count). The smallest absolute Gasteiger partial charge is 0.254 e. The summed E-state index contributed by atoms with van der Waals surface area (Å²) in [4.78, 5) is 38.2. The van der Waals surface area contributed by atoms with Gasteiger partial charge in [-0.3, -0.25) is 9.59 Å². The molecule has 9 nitrogen and oxygen atoms in total. The highest BCUT2D eigenvalue weighted by Gasteiger charge is 2.31. The van der Waals surface area contributed by atoms with Gasteiger partial charge in [0.25, 0.3) is 5.91 Å². The Hall–Kier alpha value is -3.36. The van der Waals surface area contributed by atoms with E-state index < -0.39 is 0 Å². The van der Waals surface area contributed by atoms with Crippen LogP contribution in [0.2, 0.25) is 0 Å². The molecule has 1 N–H and O–H groups in total. The molecule has 3 aliphatic heterocycles. The quantitative estimate of drug-likeness (QED) is 0.782. The Labute approximate surface area is 186 Å². The molecule has 1 atom stereocenters. The number of hydrogen-bond acceptors (Lipinski definition) is 7. The van der Waals surface area contributed by atoms with Crippen LogP contribution in [0.4, 0.5) is 5.82 Å². The molecule has 4 heterocycles. The van der Waals surface area contributed by atoms with Crippen LogP contribution in [0.1, 0.15) is 46.7 Å². The fourth-order valence-corrected chi connectivity index (χ4v) is 4.61. The monoisotopic (exact) mass is 437 g/mol. The van der Waals surface area contributed by atoms with E-state index in [-0.39, 0.29) is 17.7 Å². The van der Waals surface area contributed by atoms with Crippen LogP contribution in [0.3, 0.4) is 0 Å². The normalized spacial score (nSPS) is 19.5. The number of fused-ring (bicyclic) bond motifs is 2. The van der Waals surface area contributed by atoms with E-state index in [0.29, 0.717) is 56.3 Å². The maximum absolute atomic E-state index is 13.2. The minimum absolute atomic E-state index is 0.0494. The summed E-state index contributed by atoms with van der Waals surface area (Å²) in [7, 11) is 1.84. The molecule has 9 heteroatoms. The van der Waals surface area contributed by atoms with Crippen molar-refractivity contribution in [1.82, 2.24) is 19.8 Å². The van der Waals surface area contributed by atoms with Crippen molar-refractivity contribution < 1.29 is 19.1 Å². The second-order valence-corrected chi connectivity index (χ2v) is 8.39. The lowest BCUT2D eigenvalue weighted by Crippen LogP contribution is -2.37. The first-order chi connectivity index (χ1) is 15.5. The maximum atomic E-state index is 13.2. The van der Waals surface area contributed by atoms with Gasteiger partial charge in [-0.1, -0.05) is 0 Å². The number of aromatic nitrogens is 2. The molecule has 0 bridgehead atoms. The Morgan fingerprint density at radius 3 is 2.66 bits per heavy atom. The van der Waals surface area contributed by atoms with E-state index in [9.17, 15) is 9.59 Å². The molecule has 1 saturated heterocycles. The van der Waals surface area contributed by atoms with Gasteiger partial charge in [0.15, 0.2) is 11.5 Å². The third kappa shape index (κ3) is 3.72. The fraction of sp³-hybridized carbons (Fsp3) is 0.478. The van der Waals surface area contributed by atoms with Gasteiger partial charge >= 0.3 is 0 Å². The zero-order valence-electron chi connectivity index (χ0n) is 18.4. The molecule has 0 spiro atoms. The van der Waals surface area contributed by atoms with Crippen molar-refractivity contribution in [3.8, 4) is 11.5 Å². The van der Waals surface area contributed by atoms with Crippen molar-refractivity contribution in [2.75, 3.05) is 45.2 Å². The minimum atomic E-state index is -0.0494. The average molecular weight is 438 g/mol. The van der Waals surface area contributed by atoms with Crippen LogP contribution in [0.25, 0.3) is 0 Å². The molecule has 1 aromatic carbocycles. The number of likely N-dealkylation sites (tertiary alicyclic amines) is 1. The van der Waals surface area contributed by atoms with E-state index in [4.69, 9.17) is 19.4 Å². The number of ether oxygens (including phenoxy) is 2. The van der Waals surface area contributed by atoms with Crippen LogP contribution < -0.4 is 14.8 Å². The summed E-state index contributed by atoms with van der Waals surface area (Å²) in [5.74, 6) is 3.01. The van der Waals surface area contributed by atoms with E-state index in [1.54, 1.807) is 25.1 Å². The first kappa shape index (κ1) is 20.5. The highest BCUT2D eigenvalue weighted by molar-refractivity contribution is 5.95. The summed E-state index contributed by atoms with van der Waals surface area (Å²) < 4.78 is 11.2. The summed E-state index contributed by atoms with van der Waals surface area (Å²) in [5, 5.41) is 3.19. The zero-order chi connectivity index (χ0) is 22.2. The lowest BCUT2D eigenvalue weighted by molar-refractivity contribution is -0.127. The number of amides is 2. The van der Waals surface area contributed by atoms with Gasteiger partial charge in [0, 0.05) is 57.1 Å². The summed E-state index contributed by atoms with van der Waals surface area (Å²) >= 11 is 0. The predicted octanol–water partition coefficient (Wildman–Crippen LogP) is 1.82. The molecular weight excluding hydrogens is 410 g/mol. The molecule has 1 fully saturated rings. The second kappa shape index (κ2) is 8.29. The van der Waals surface area contributed by atoms with Crippen molar-refractivity contribution in [2.45, 2.75) is 32.2 Å². The summed E-state index contributed by atoms with van der Waals surface area (Å²) in [6, 6.07) is 5.33. The molecular formula is C23H27N5O4. The van der Waals surface area contributed by atoms with Gasteiger partial charge in [-0.15, -0.1) is 0 Å². The number of nitrogens with zero attached hydrogens (tertiary/aromatic N) is 4. The SMILES string of the molecule is CNc1nc([C@H]2CCN(C(C)=O)C2)nc2c1CN(C(=O)c1ccc3c(c1)OCCO3)CC2. The van der Waals surface area contributed by atoms with E-state index in [1.165, 1.54) is 0 Å². The highest BCUT2D eigenvalue weighted by atomic mass is 16.6. The summed E-state index contributed by atoms with van der Waals surface area (Å²) in [6.07, 6.45) is 1.54. The average Bonchev–Trinajstić information content (AvgIpc) is 3.33. The number of carbonyl (C=O) groups excluding carboxylic acids is 2. The maximum Gasteiger partial charge on any atom is 0.254 e. The van der Waals surface area contributed by atoms with Crippen LogP contribution in [0.5, 0.6) is 11.5 Å². The molecule has 0 aliphatic carbocycles. The molecule has 1 aromatic heterocycles. The Bertz CT molecular complexity index is 1060. The standard InChI is InChI=1S/C23H27N5O4/c1-14(29)27-7-5-16(12-27)21-25-18-6-8-28(13-17(18)22(24-2)26-21)23(30)15-3-4-19-20(11-15)32-10-9-31-19/h3-4,11,16H,5-10,12-13H2,1-2H3,(H,24,25,26)/t16-/m0/s1. The van der Waals surface area contributed by atoms with Crippen LogP contribution in [0, 0.1) is 0 Å². The Kier molecular flexibility index (Phi) is 5.32. The van der Waals surface area contributed by atoms with Crippen molar-refractivity contribution in [3.05, 3.63) is 40.8 Å². The summed E-state index contributed by atoms with van der Waals surface area (Å²) in [6.45, 7) is 5.04. The van der Waals surface area contributed by atoms with Gasteiger partial charge in [-0.2, -0.15) is 0 Å². The van der Waals surface area contributed by atoms with Gasteiger partial charge in [0.1, 0.15) is 24.9 Å². The van der Waals surface area contributed by atoms with Crippen LogP contribution in [-0.2, 0) is 17.8 Å². The molecule has 0 saturated carbocycles. The Morgan fingerprint density at radius 2 is 1.91 bits per heavy atom. The number of benzene rings is 1. The highest BCUT2D eigenvalue weighted by Crippen LogP contribution is 2.33. The minimum Gasteiger partial charge on any atom is -0.486 e. The van der Waals surface area contributed by atoms with Gasteiger partial charge in [0.2, 0.25) is 5.91 Å². The third-order valence-corrected chi connectivity index (χ3v) is 6.39. The lowest BCUT2D eigenvalue weighted by atomic mass is 10.0. The van der Waals surface area contributed by atoms with Crippen molar-refractivity contribution in [1.29, 1.82) is 0 Å². The zero-order valence-corrected chi connectivity index (χ0v) is 18.4. The van der Waals surface area contributed by atoms with E-state index in [2.05, 4.69) is 5.32 Å². The first-order valence-electron chi connectivity index (χ1n) is 11.1. The topological polar surface area (TPSA) is 96.9 Å². The number of carbonyl (C=O) groups is 2. The van der Waals surface area contributed by atoms with Crippen LogP contribution in [0.15, 0.2) is 18.2 Å². The molecule has 0 radical (unpaired) electrons. The number of anilines is 1. The molecule has 168 valence electrons. The van der Waals surface area contributed by atoms with Gasteiger partial charge in [-0.05, 0) is 24.6 Å². The summed E-state index contributed by atoms with van der Waals surface area (Å²) in [5.41, 5.74) is 2.51. The van der Waals surface area contributed by atoms with Crippen molar-refractivity contribution in [3.63, 3.8) is 0 Å². The van der Waals surface area contributed by atoms with E-state index >= 15 is 0 Å². The first-order valence-corrected chi connectivity index (χ1v) is 11.1. The molecule has 2 aromatic rings. The third-order valence-electron chi connectivity index (χ3n) is 6.39. The Morgan fingerprint density at radius 1 is 1.09 bits per heavy atom. The fourth-order valence-electron chi connectivity index (χ4n) is 4.61. The van der Waals surface area contributed by atoms with Crippen molar-refractivity contribution >= 4 is 17.6 Å². The molecule has 0 unspecified atom stereocenters. The predicted molar refractivity (Wildman–Crippen MR) is 117 cm³/mol.